The van der Waals surface area contributed by atoms with Gasteiger partial charge in [-0.05, 0) is 68.5 Å². The molecular weight excluding hydrogens is 456 g/mol. The predicted molar refractivity (Wildman–Crippen MR) is 134 cm³/mol. The molecule has 3 aromatic rings. The second-order valence-electron chi connectivity index (χ2n) is 8.26. The van der Waals surface area contributed by atoms with Crippen LogP contribution >= 0.6 is 11.6 Å². The third kappa shape index (κ3) is 6.02. The zero-order valence-corrected chi connectivity index (χ0v) is 20.9. The van der Waals surface area contributed by atoms with Crippen molar-refractivity contribution in [1.82, 2.24) is 4.31 Å². The smallest absolute Gasteiger partial charge is 0.244 e. The molecule has 7 heteroatoms. The van der Waals surface area contributed by atoms with Crippen LogP contribution in [0.4, 0.5) is 5.69 Å². The van der Waals surface area contributed by atoms with Gasteiger partial charge in [0.2, 0.25) is 15.9 Å². The van der Waals surface area contributed by atoms with Gasteiger partial charge in [0.15, 0.2) is 0 Å². The van der Waals surface area contributed by atoms with E-state index in [4.69, 9.17) is 11.6 Å². The number of rotatable bonds is 8. The summed E-state index contributed by atoms with van der Waals surface area (Å²) < 4.78 is 28.7. The molecule has 33 heavy (non-hydrogen) atoms. The molecule has 0 bridgehead atoms. The van der Waals surface area contributed by atoms with Gasteiger partial charge in [-0.2, -0.15) is 4.31 Å². The van der Waals surface area contributed by atoms with Crippen molar-refractivity contribution >= 4 is 33.2 Å². The van der Waals surface area contributed by atoms with Crippen molar-refractivity contribution in [3.05, 3.63) is 93.5 Å². The minimum atomic E-state index is -3.91. The maximum Gasteiger partial charge on any atom is 0.244 e. The Labute approximate surface area is 201 Å². The van der Waals surface area contributed by atoms with Crippen molar-refractivity contribution in [2.45, 2.75) is 39.0 Å². The standard InChI is InChI=1S/C26H29ClN2O3S/c1-18-15-19(2)26(20(3)16-18)33(31,32)29(14-13-22-9-6-5-7-10-22)17-25(30)28-24-12-8-11-23(27)21(24)4/h5-12,15-16H,13-14,17H2,1-4H3,(H,28,30). The summed E-state index contributed by atoms with van der Waals surface area (Å²) in [6, 6.07) is 18.6. The van der Waals surface area contributed by atoms with Crippen molar-refractivity contribution < 1.29 is 13.2 Å². The number of aryl methyl sites for hydroxylation is 3. The molecule has 0 atom stereocenters. The highest BCUT2D eigenvalue weighted by Crippen LogP contribution is 2.26. The Morgan fingerprint density at radius 2 is 1.58 bits per heavy atom. The Hall–Kier alpha value is -2.67. The summed E-state index contributed by atoms with van der Waals surface area (Å²) in [5, 5.41) is 3.35. The van der Waals surface area contributed by atoms with Crippen molar-refractivity contribution in [3.63, 3.8) is 0 Å². The highest BCUT2D eigenvalue weighted by molar-refractivity contribution is 7.89. The van der Waals surface area contributed by atoms with Crippen molar-refractivity contribution in [2.75, 3.05) is 18.4 Å². The number of carbonyl (C=O) groups is 1. The summed E-state index contributed by atoms with van der Waals surface area (Å²) in [5.74, 6) is -0.417. The zero-order chi connectivity index (χ0) is 24.2. The van der Waals surface area contributed by atoms with Crippen LogP contribution in [0.2, 0.25) is 5.02 Å². The number of amides is 1. The van der Waals surface area contributed by atoms with Crippen LogP contribution in [0.1, 0.15) is 27.8 Å². The van der Waals surface area contributed by atoms with Crippen LogP contribution in [-0.2, 0) is 21.2 Å². The van der Waals surface area contributed by atoms with E-state index in [1.807, 2.05) is 49.4 Å². The topological polar surface area (TPSA) is 66.5 Å². The molecule has 0 aliphatic carbocycles. The molecule has 3 rings (SSSR count). The van der Waals surface area contributed by atoms with Crippen LogP contribution in [0.5, 0.6) is 0 Å². The van der Waals surface area contributed by atoms with Gasteiger partial charge < -0.3 is 5.32 Å². The Kier molecular flexibility index (Phi) is 7.95. The summed E-state index contributed by atoms with van der Waals surface area (Å²) in [5.41, 5.74) is 4.63. The van der Waals surface area contributed by atoms with Gasteiger partial charge in [0.25, 0.3) is 0 Å². The molecule has 5 nitrogen and oxygen atoms in total. The lowest BCUT2D eigenvalue weighted by Crippen LogP contribution is -2.40. The lowest BCUT2D eigenvalue weighted by atomic mass is 10.1. The number of sulfonamides is 1. The van der Waals surface area contributed by atoms with E-state index in [0.717, 1.165) is 16.7 Å². The van der Waals surface area contributed by atoms with E-state index in [2.05, 4.69) is 5.32 Å². The lowest BCUT2D eigenvalue weighted by Gasteiger charge is -2.24. The van der Waals surface area contributed by atoms with Gasteiger partial charge in [-0.15, -0.1) is 0 Å². The number of nitrogens with one attached hydrogen (secondary N) is 1. The van der Waals surface area contributed by atoms with Crippen LogP contribution in [0.3, 0.4) is 0 Å². The van der Waals surface area contributed by atoms with E-state index in [1.165, 1.54) is 4.31 Å². The fourth-order valence-corrected chi connectivity index (χ4v) is 5.96. The number of hydrogen-bond acceptors (Lipinski definition) is 3. The van der Waals surface area contributed by atoms with E-state index >= 15 is 0 Å². The molecule has 0 fully saturated rings. The van der Waals surface area contributed by atoms with Crippen molar-refractivity contribution in [3.8, 4) is 0 Å². The van der Waals surface area contributed by atoms with E-state index in [9.17, 15) is 13.2 Å². The van der Waals surface area contributed by atoms with E-state index in [0.29, 0.717) is 28.3 Å². The highest BCUT2D eigenvalue weighted by Gasteiger charge is 2.29. The molecule has 0 radical (unpaired) electrons. The molecule has 0 aliphatic rings. The molecule has 1 amide bonds. The van der Waals surface area contributed by atoms with E-state index in [-0.39, 0.29) is 18.0 Å². The third-order valence-corrected chi connectivity index (χ3v) is 8.12. The molecule has 0 unspecified atom stereocenters. The fourth-order valence-electron chi connectivity index (χ4n) is 3.98. The van der Waals surface area contributed by atoms with Gasteiger partial charge in [-0.3, -0.25) is 4.79 Å². The Balaban J connectivity index is 1.92. The Morgan fingerprint density at radius 1 is 0.939 bits per heavy atom. The minimum absolute atomic E-state index is 0.182. The molecule has 0 aromatic heterocycles. The lowest BCUT2D eigenvalue weighted by molar-refractivity contribution is -0.116. The number of halogens is 1. The highest BCUT2D eigenvalue weighted by atomic mass is 35.5. The monoisotopic (exact) mass is 484 g/mol. The maximum atomic E-state index is 13.7. The van der Waals surface area contributed by atoms with E-state index < -0.39 is 15.9 Å². The molecule has 0 saturated carbocycles. The fraction of sp³-hybridized carbons (Fsp3) is 0.269. The predicted octanol–water partition coefficient (Wildman–Crippen LogP) is 5.45. The maximum absolute atomic E-state index is 13.7. The molecule has 1 N–H and O–H groups in total. The van der Waals surface area contributed by atoms with Crippen LogP contribution < -0.4 is 5.32 Å². The summed E-state index contributed by atoms with van der Waals surface area (Å²) in [4.78, 5) is 13.2. The van der Waals surface area contributed by atoms with Gasteiger partial charge >= 0.3 is 0 Å². The van der Waals surface area contributed by atoms with Gasteiger partial charge in [0, 0.05) is 17.3 Å². The Morgan fingerprint density at radius 3 is 2.21 bits per heavy atom. The number of nitrogens with zero attached hydrogens (tertiary/aromatic N) is 1. The second kappa shape index (κ2) is 10.5. The summed E-state index contributed by atoms with van der Waals surface area (Å²) in [6.45, 7) is 7.20. The molecule has 174 valence electrons. The first-order valence-corrected chi connectivity index (χ1v) is 12.6. The first-order chi connectivity index (χ1) is 15.6. The average molecular weight is 485 g/mol. The summed E-state index contributed by atoms with van der Waals surface area (Å²) >= 11 is 6.16. The number of benzene rings is 3. The van der Waals surface area contributed by atoms with Gasteiger partial charge in [0.05, 0.1) is 11.4 Å². The third-order valence-electron chi connectivity index (χ3n) is 5.56. The molecular formula is C26H29ClN2O3S. The van der Waals surface area contributed by atoms with Crippen LogP contribution in [0.15, 0.2) is 65.6 Å². The number of anilines is 1. The van der Waals surface area contributed by atoms with E-state index in [1.54, 1.807) is 39.0 Å². The molecule has 0 spiro atoms. The molecule has 3 aromatic carbocycles. The molecule has 0 saturated heterocycles. The van der Waals surface area contributed by atoms with Crippen molar-refractivity contribution in [1.29, 1.82) is 0 Å². The summed E-state index contributed by atoms with van der Waals surface area (Å²) in [6.07, 6.45) is 0.494. The van der Waals surface area contributed by atoms with Gasteiger partial charge in [-0.25, -0.2) is 8.42 Å². The largest absolute Gasteiger partial charge is 0.325 e. The van der Waals surface area contributed by atoms with Gasteiger partial charge in [-0.1, -0.05) is 65.7 Å². The van der Waals surface area contributed by atoms with Gasteiger partial charge in [0.1, 0.15) is 0 Å². The van der Waals surface area contributed by atoms with Crippen LogP contribution in [-0.4, -0.2) is 31.7 Å². The first-order valence-electron chi connectivity index (χ1n) is 10.8. The average Bonchev–Trinajstić information content (AvgIpc) is 2.74. The molecule has 0 aliphatic heterocycles. The molecule has 0 heterocycles. The van der Waals surface area contributed by atoms with Crippen LogP contribution in [0, 0.1) is 27.7 Å². The number of carbonyl (C=O) groups excluding carboxylic acids is 1. The normalized spacial score (nSPS) is 11.6. The summed E-state index contributed by atoms with van der Waals surface area (Å²) in [7, 11) is -3.91. The van der Waals surface area contributed by atoms with Crippen molar-refractivity contribution in [2.24, 2.45) is 0 Å². The Bertz CT molecular complexity index is 1230. The van der Waals surface area contributed by atoms with Crippen LogP contribution in [0.25, 0.3) is 0 Å². The number of hydrogen-bond donors (Lipinski definition) is 1. The zero-order valence-electron chi connectivity index (χ0n) is 19.4. The first kappa shape index (κ1) is 25.0. The SMILES string of the molecule is Cc1cc(C)c(S(=O)(=O)N(CCc2ccccc2)CC(=O)Nc2cccc(Cl)c2C)c(C)c1. The quantitative estimate of drug-likeness (QED) is 0.462. The minimum Gasteiger partial charge on any atom is -0.325 e. The second-order valence-corrected chi connectivity index (χ2v) is 10.5.